The van der Waals surface area contributed by atoms with Crippen molar-refractivity contribution in [3.8, 4) is 0 Å². The second-order valence-corrected chi connectivity index (χ2v) is 5.47. The smallest absolute Gasteiger partial charge is 0.339 e. The van der Waals surface area contributed by atoms with Crippen molar-refractivity contribution in [2.45, 2.75) is 0 Å². The maximum atomic E-state index is 13.1. The third-order valence-electron chi connectivity index (χ3n) is 3.82. The predicted molar refractivity (Wildman–Crippen MR) is 88.6 cm³/mol. The number of hydrazine groups is 1. The molecule has 3 heterocycles. The number of amides is 1. The van der Waals surface area contributed by atoms with Crippen LogP contribution in [0.25, 0.3) is 5.65 Å². The first-order valence-electron chi connectivity index (χ1n) is 7.60. The zero-order valence-corrected chi connectivity index (χ0v) is 14.1. The summed E-state index contributed by atoms with van der Waals surface area (Å²) >= 11 is 0. The molecule has 0 saturated heterocycles. The largest absolute Gasteiger partial charge is 0.478 e. The molecule has 0 spiro atoms. The van der Waals surface area contributed by atoms with E-state index in [9.17, 15) is 19.1 Å². The van der Waals surface area contributed by atoms with Gasteiger partial charge in [0.15, 0.2) is 5.65 Å². The number of pyridine rings is 1. The van der Waals surface area contributed by atoms with Gasteiger partial charge in [0.2, 0.25) is 0 Å². The van der Waals surface area contributed by atoms with Crippen LogP contribution in [0.1, 0.15) is 20.8 Å². The Hall–Kier alpha value is -3.34. The number of anilines is 1. The summed E-state index contributed by atoms with van der Waals surface area (Å²) in [6, 6.07) is 3.20. The van der Waals surface area contributed by atoms with Crippen LogP contribution >= 0.6 is 0 Å². The summed E-state index contributed by atoms with van der Waals surface area (Å²) in [5, 5.41) is 19.7. The fourth-order valence-electron chi connectivity index (χ4n) is 2.58. The zero-order valence-electron chi connectivity index (χ0n) is 14.1. The van der Waals surface area contributed by atoms with Crippen LogP contribution in [0.5, 0.6) is 0 Å². The van der Waals surface area contributed by atoms with Crippen molar-refractivity contribution < 1.29 is 19.1 Å². The van der Waals surface area contributed by atoms with Crippen LogP contribution in [0.3, 0.4) is 0 Å². The molecule has 0 aliphatic carbocycles. The Labute approximate surface area is 147 Å². The molecule has 10 nitrogen and oxygen atoms in total. The minimum absolute atomic E-state index is 0.0656. The maximum Gasteiger partial charge on any atom is 0.339 e. The van der Waals surface area contributed by atoms with Crippen molar-refractivity contribution in [1.29, 1.82) is 0 Å². The molecular weight excluding hydrogens is 345 g/mol. The average molecular weight is 361 g/mol. The topological polar surface area (TPSA) is 109 Å². The first-order chi connectivity index (χ1) is 12.4. The molecule has 3 aromatic rings. The van der Waals surface area contributed by atoms with Gasteiger partial charge < -0.3 is 5.11 Å². The number of aryl methyl sites for hydroxylation is 1. The Kier molecular flexibility index (Phi) is 4.63. The van der Waals surface area contributed by atoms with E-state index in [1.807, 2.05) is 0 Å². The number of hydrogen-bond donors (Lipinski definition) is 1. The van der Waals surface area contributed by atoms with Gasteiger partial charge in [0.1, 0.15) is 24.3 Å². The molecule has 0 aromatic carbocycles. The van der Waals surface area contributed by atoms with Gasteiger partial charge in [-0.25, -0.2) is 28.7 Å². The molecule has 0 radical (unpaired) electrons. The number of aromatic carboxylic acids is 1. The van der Waals surface area contributed by atoms with E-state index in [-0.39, 0.29) is 17.8 Å². The lowest BCUT2D eigenvalue weighted by Gasteiger charge is -2.31. The Morgan fingerprint density at radius 3 is 2.81 bits per heavy atom. The van der Waals surface area contributed by atoms with Crippen molar-refractivity contribution in [3.63, 3.8) is 0 Å². The molecule has 0 unspecified atom stereocenters. The van der Waals surface area contributed by atoms with Gasteiger partial charge in [-0.15, -0.1) is 0 Å². The van der Waals surface area contributed by atoms with Gasteiger partial charge >= 0.3 is 5.97 Å². The second-order valence-electron chi connectivity index (χ2n) is 5.47. The van der Waals surface area contributed by atoms with Crippen molar-refractivity contribution in [2.75, 3.05) is 25.3 Å². The van der Waals surface area contributed by atoms with Gasteiger partial charge in [0, 0.05) is 32.9 Å². The summed E-state index contributed by atoms with van der Waals surface area (Å²) in [6.07, 6.45) is 4.06. The molecule has 0 saturated carbocycles. The fraction of sp³-hybridized carbons (Fsp3) is 0.267. The van der Waals surface area contributed by atoms with E-state index in [1.54, 1.807) is 18.3 Å². The number of halogens is 1. The highest BCUT2D eigenvalue weighted by atomic mass is 19.1. The van der Waals surface area contributed by atoms with Gasteiger partial charge in [-0.05, 0) is 6.07 Å². The van der Waals surface area contributed by atoms with Crippen LogP contribution in [0.15, 0.2) is 30.9 Å². The molecule has 0 aliphatic heterocycles. The van der Waals surface area contributed by atoms with E-state index < -0.39 is 18.6 Å². The number of aromatic nitrogens is 5. The molecule has 0 aliphatic rings. The molecule has 3 aromatic heterocycles. The molecule has 0 bridgehead atoms. The number of alkyl halides is 1. The molecule has 1 N–H and O–H groups in total. The van der Waals surface area contributed by atoms with Crippen LogP contribution in [0, 0.1) is 0 Å². The normalized spacial score (nSPS) is 11.2. The first kappa shape index (κ1) is 17.5. The summed E-state index contributed by atoms with van der Waals surface area (Å²) < 4.78 is 15.6. The predicted octanol–water partition coefficient (Wildman–Crippen LogP) is 0.624. The maximum absolute atomic E-state index is 13.1. The number of hydrogen-bond acceptors (Lipinski definition) is 6. The van der Waals surface area contributed by atoms with E-state index in [4.69, 9.17) is 0 Å². The summed E-state index contributed by atoms with van der Waals surface area (Å²) in [5.41, 5.74) is 0.519. The third kappa shape index (κ3) is 2.99. The Morgan fingerprint density at radius 2 is 2.12 bits per heavy atom. The number of fused-ring (bicyclic) bond motifs is 1. The van der Waals surface area contributed by atoms with Crippen LogP contribution < -0.4 is 5.01 Å². The van der Waals surface area contributed by atoms with E-state index in [0.29, 0.717) is 11.3 Å². The lowest BCUT2D eigenvalue weighted by molar-refractivity contribution is 0.0689. The van der Waals surface area contributed by atoms with Crippen LogP contribution in [0.4, 0.5) is 10.1 Å². The van der Waals surface area contributed by atoms with E-state index in [1.165, 1.54) is 39.6 Å². The van der Waals surface area contributed by atoms with Crippen LogP contribution in [-0.4, -0.2) is 66.6 Å². The number of rotatable bonds is 6. The Balaban J connectivity index is 2.10. The highest BCUT2D eigenvalue weighted by Gasteiger charge is 2.29. The second kappa shape index (κ2) is 6.88. The number of carbonyl (C=O) groups is 2. The third-order valence-corrected chi connectivity index (χ3v) is 3.82. The summed E-state index contributed by atoms with van der Waals surface area (Å²) in [6.45, 7) is -0.755. The molecule has 0 atom stereocenters. The summed E-state index contributed by atoms with van der Waals surface area (Å²) in [7, 11) is 3.00. The first-order valence-corrected chi connectivity index (χ1v) is 7.60. The van der Waals surface area contributed by atoms with E-state index in [2.05, 4.69) is 15.2 Å². The standard InChI is InChI=1S/C15H16FN7O3/c1-20(6-4-16)23(10-3-5-22-12(7-10)17-9-19-22)14(24)13-11(15(25)26)8-18-21(13)2/h3,5,7-9H,4,6H2,1-2H3,(H,25,26). The fourth-order valence-corrected chi connectivity index (χ4v) is 2.58. The molecule has 11 heteroatoms. The van der Waals surface area contributed by atoms with Gasteiger partial charge in [0.05, 0.1) is 11.9 Å². The quantitative estimate of drug-likeness (QED) is 0.641. The van der Waals surface area contributed by atoms with Crippen molar-refractivity contribution in [1.82, 2.24) is 29.4 Å². The number of nitrogens with zero attached hydrogens (tertiary/aromatic N) is 7. The highest BCUT2D eigenvalue weighted by Crippen LogP contribution is 2.21. The SMILES string of the molecule is CN(CCF)N(C(=O)c1c(C(=O)O)cnn1C)c1ccn2ncnc2c1. The Bertz CT molecular complexity index is 967. The Morgan fingerprint density at radius 1 is 1.35 bits per heavy atom. The summed E-state index contributed by atoms with van der Waals surface area (Å²) in [5.74, 6) is -1.93. The lowest BCUT2D eigenvalue weighted by Crippen LogP contribution is -2.46. The summed E-state index contributed by atoms with van der Waals surface area (Å²) in [4.78, 5) is 28.6. The zero-order chi connectivity index (χ0) is 18.8. The number of carbonyl (C=O) groups excluding carboxylic acids is 1. The van der Waals surface area contributed by atoms with E-state index in [0.717, 1.165) is 6.20 Å². The van der Waals surface area contributed by atoms with Gasteiger partial charge in [-0.3, -0.25) is 9.48 Å². The van der Waals surface area contributed by atoms with Crippen molar-refractivity contribution in [2.24, 2.45) is 7.05 Å². The van der Waals surface area contributed by atoms with E-state index >= 15 is 0 Å². The van der Waals surface area contributed by atoms with Crippen molar-refractivity contribution >= 4 is 23.2 Å². The monoisotopic (exact) mass is 361 g/mol. The molecule has 3 rings (SSSR count). The van der Waals surface area contributed by atoms with Gasteiger partial charge in [-0.1, -0.05) is 0 Å². The lowest BCUT2D eigenvalue weighted by atomic mass is 10.2. The minimum Gasteiger partial charge on any atom is -0.478 e. The van der Waals surface area contributed by atoms with Crippen LogP contribution in [-0.2, 0) is 7.05 Å². The molecule has 0 fully saturated rings. The van der Waals surface area contributed by atoms with Gasteiger partial charge in [-0.2, -0.15) is 10.2 Å². The molecule has 1 amide bonds. The minimum atomic E-state index is -1.28. The number of carboxylic acids is 1. The number of carboxylic acid groups (broad SMARTS) is 1. The average Bonchev–Trinajstić information content (AvgIpc) is 3.21. The van der Waals surface area contributed by atoms with Gasteiger partial charge in [0.25, 0.3) is 5.91 Å². The van der Waals surface area contributed by atoms with Crippen molar-refractivity contribution in [3.05, 3.63) is 42.1 Å². The molecule has 26 heavy (non-hydrogen) atoms. The van der Waals surface area contributed by atoms with Crippen LogP contribution in [0.2, 0.25) is 0 Å². The highest BCUT2D eigenvalue weighted by molar-refractivity contribution is 6.10. The molecule has 136 valence electrons. The molecular formula is C15H16FN7O3.